The lowest BCUT2D eigenvalue weighted by Gasteiger charge is -2.38. The number of rotatable bonds is 5. The summed E-state index contributed by atoms with van der Waals surface area (Å²) in [7, 11) is 0. The number of likely N-dealkylation sites (tertiary alicyclic amines) is 1. The number of ether oxygens (including phenoxy) is 2. The summed E-state index contributed by atoms with van der Waals surface area (Å²) in [5.74, 6) is 0.167. The minimum Gasteiger partial charge on any atom is -0.486 e. The van der Waals surface area contributed by atoms with Gasteiger partial charge in [-0.25, -0.2) is 4.79 Å². The molecule has 3 atom stereocenters. The molecule has 1 heterocycles. The number of nitrogens with zero attached hydrogens (tertiary/aromatic N) is 1. The molecule has 2 aromatic rings. The minimum absolute atomic E-state index is 0.150. The van der Waals surface area contributed by atoms with Crippen molar-refractivity contribution in [3.8, 4) is 5.75 Å². The Balaban J connectivity index is 1.70. The number of aliphatic hydroxyl groups is 1. The fourth-order valence-corrected chi connectivity index (χ4v) is 3.83. The molecule has 8 heteroatoms. The number of alkyl halides is 3. The van der Waals surface area contributed by atoms with Crippen LogP contribution in [-0.2, 0) is 10.9 Å². The van der Waals surface area contributed by atoms with E-state index in [-0.39, 0.29) is 12.5 Å². The molecule has 0 radical (unpaired) electrons. The second kappa shape index (κ2) is 10.0. The summed E-state index contributed by atoms with van der Waals surface area (Å²) in [4.78, 5) is 13.8. The summed E-state index contributed by atoms with van der Waals surface area (Å²) in [5.41, 5.74) is -0.498. The van der Waals surface area contributed by atoms with E-state index < -0.39 is 35.6 Å². The maximum atomic E-state index is 12.9. The summed E-state index contributed by atoms with van der Waals surface area (Å²) < 4.78 is 50.1. The Morgan fingerprint density at radius 1 is 1.09 bits per heavy atom. The first kappa shape index (κ1) is 24.9. The molecule has 0 aliphatic carbocycles. The van der Waals surface area contributed by atoms with E-state index in [1.807, 2.05) is 30.3 Å². The molecule has 1 N–H and O–H groups in total. The van der Waals surface area contributed by atoms with Gasteiger partial charge >= 0.3 is 12.3 Å². The van der Waals surface area contributed by atoms with E-state index >= 15 is 0 Å². The summed E-state index contributed by atoms with van der Waals surface area (Å²) in [6.45, 7) is 5.96. The molecule has 180 valence electrons. The van der Waals surface area contributed by atoms with Crippen molar-refractivity contribution in [2.24, 2.45) is 5.92 Å². The second-order valence-corrected chi connectivity index (χ2v) is 9.32. The quantitative estimate of drug-likeness (QED) is 0.603. The van der Waals surface area contributed by atoms with E-state index in [0.717, 1.165) is 17.7 Å². The van der Waals surface area contributed by atoms with Crippen LogP contribution in [0, 0.1) is 5.92 Å². The standard InChI is InChI=1S/C25H30F3NO4/c1-24(2,3)33-23(31)29-14-13-18(21(30)16-29)15-22(17-7-5-4-6-8-17)32-20-11-9-19(10-12-20)25(26,27)28/h4-12,18,21-22,30H,13-16H2,1-3H3/t18-,21-,22-/m0/s1. The molecule has 1 aliphatic rings. The second-order valence-electron chi connectivity index (χ2n) is 9.32. The molecule has 1 fully saturated rings. The van der Waals surface area contributed by atoms with E-state index in [2.05, 4.69) is 0 Å². The molecule has 0 spiro atoms. The Labute approximate surface area is 192 Å². The molecule has 1 amide bonds. The number of β-amino-alcohol motifs (C(OH)–C–C–N with tert-alkyl or cyclic N) is 1. The van der Waals surface area contributed by atoms with Gasteiger partial charge < -0.3 is 19.5 Å². The van der Waals surface area contributed by atoms with Crippen LogP contribution in [0.15, 0.2) is 54.6 Å². The van der Waals surface area contributed by atoms with Crippen LogP contribution >= 0.6 is 0 Å². The number of benzene rings is 2. The predicted octanol–water partition coefficient (Wildman–Crippen LogP) is 5.83. The van der Waals surface area contributed by atoms with Crippen LogP contribution in [0.1, 0.15) is 50.8 Å². The van der Waals surface area contributed by atoms with Gasteiger partial charge in [0.25, 0.3) is 0 Å². The highest BCUT2D eigenvalue weighted by Crippen LogP contribution is 2.35. The fraction of sp³-hybridized carbons (Fsp3) is 0.480. The van der Waals surface area contributed by atoms with Gasteiger partial charge in [-0.1, -0.05) is 30.3 Å². The normalized spacial score (nSPS) is 20.3. The fourth-order valence-electron chi connectivity index (χ4n) is 3.83. The van der Waals surface area contributed by atoms with Crippen molar-refractivity contribution in [1.29, 1.82) is 0 Å². The number of carbonyl (C=O) groups is 1. The van der Waals surface area contributed by atoms with Gasteiger partial charge in [-0.2, -0.15) is 13.2 Å². The van der Waals surface area contributed by atoms with Crippen molar-refractivity contribution < 1.29 is 32.5 Å². The van der Waals surface area contributed by atoms with Gasteiger partial charge in [0.15, 0.2) is 0 Å². The summed E-state index contributed by atoms with van der Waals surface area (Å²) >= 11 is 0. The average molecular weight is 466 g/mol. The van der Waals surface area contributed by atoms with Crippen LogP contribution in [0.5, 0.6) is 5.75 Å². The highest BCUT2D eigenvalue weighted by molar-refractivity contribution is 5.68. The third-order valence-electron chi connectivity index (χ3n) is 5.52. The van der Waals surface area contributed by atoms with Crippen LogP contribution < -0.4 is 4.74 Å². The molecule has 0 saturated carbocycles. The summed E-state index contributed by atoms with van der Waals surface area (Å²) in [6, 6.07) is 14.0. The van der Waals surface area contributed by atoms with Crippen LogP contribution in [-0.4, -0.2) is 40.9 Å². The lowest BCUT2D eigenvalue weighted by atomic mass is 9.87. The number of hydrogen-bond donors (Lipinski definition) is 1. The highest BCUT2D eigenvalue weighted by atomic mass is 19.4. The number of hydrogen-bond acceptors (Lipinski definition) is 4. The number of amides is 1. The predicted molar refractivity (Wildman–Crippen MR) is 118 cm³/mol. The van der Waals surface area contributed by atoms with E-state index in [4.69, 9.17) is 9.47 Å². The van der Waals surface area contributed by atoms with Crippen molar-refractivity contribution in [1.82, 2.24) is 4.90 Å². The van der Waals surface area contributed by atoms with Crippen LogP contribution in [0.25, 0.3) is 0 Å². The summed E-state index contributed by atoms with van der Waals surface area (Å²) in [6.07, 6.45) is -5.09. The lowest BCUT2D eigenvalue weighted by molar-refractivity contribution is -0.137. The first-order valence-corrected chi connectivity index (χ1v) is 11.0. The Kier molecular flexibility index (Phi) is 7.57. The van der Waals surface area contributed by atoms with Gasteiger partial charge in [-0.15, -0.1) is 0 Å². The molecule has 0 aromatic heterocycles. The number of carbonyl (C=O) groups excluding carboxylic acids is 1. The average Bonchev–Trinajstić information content (AvgIpc) is 2.73. The SMILES string of the molecule is CC(C)(C)OC(=O)N1CC[C@@H](C[C@H](Oc2ccc(C(F)(F)F)cc2)c2ccccc2)[C@@H](O)C1. The topological polar surface area (TPSA) is 59.0 Å². The van der Waals surface area contributed by atoms with Gasteiger partial charge in [-0.3, -0.25) is 0 Å². The zero-order chi connectivity index (χ0) is 24.2. The van der Waals surface area contributed by atoms with Crippen molar-refractivity contribution in [3.63, 3.8) is 0 Å². The van der Waals surface area contributed by atoms with Crippen LogP contribution in [0.2, 0.25) is 0 Å². The Morgan fingerprint density at radius 3 is 2.27 bits per heavy atom. The third-order valence-corrected chi connectivity index (χ3v) is 5.52. The van der Waals surface area contributed by atoms with Gasteiger partial charge in [0.05, 0.1) is 18.2 Å². The summed E-state index contributed by atoms with van der Waals surface area (Å²) in [5, 5.41) is 10.7. The molecule has 33 heavy (non-hydrogen) atoms. The van der Waals surface area contributed by atoms with Gasteiger partial charge in [0, 0.05) is 6.54 Å². The van der Waals surface area contributed by atoms with Crippen molar-refractivity contribution in [3.05, 3.63) is 65.7 Å². The smallest absolute Gasteiger partial charge is 0.416 e. The zero-order valence-electron chi connectivity index (χ0n) is 19.0. The molecule has 3 rings (SSSR count). The van der Waals surface area contributed by atoms with Crippen molar-refractivity contribution >= 4 is 6.09 Å². The number of halogens is 3. The Hall–Kier alpha value is -2.74. The van der Waals surface area contributed by atoms with E-state index in [1.54, 1.807) is 20.8 Å². The number of piperidine rings is 1. The molecule has 0 bridgehead atoms. The van der Waals surface area contributed by atoms with Gasteiger partial charge in [0.1, 0.15) is 17.5 Å². The first-order valence-electron chi connectivity index (χ1n) is 11.0. The van der Waals surface area contributed by atoms with Crippen LogP contribution in [0.3, 0.4) is 0 Å². The van der Waals surface area contributed by atoms with E-state index in [9.17, 15) is 23.1 Å². The van der Waals surface area contributed by atoms with Crippen LogP contribution in [0.4, 0.5) is 18.0 Å². The Bertz CT molecular complexity index is 910. The molecular weight excluding hydrogens is 435 g/mol. The molecule has 5 nitrogen and oxygen atoms in total. The van der Waals surface area contributed by atoms with Gasteiger partial charge in [-0.05, 0) is 69.4 Å². The molecule has 1 aliphatic heterocycles. The lowest BCUT2D eigenvalue weighted by Crippen LogP contribution is -2.48. The highest BCUT2D eigenvalue weighted by Gasteiger charge is 2.35. The first-order chi connectivity index (χ1) is 15.4. The molecule has 0 unspecified atom stereocenters. The van der Waals surface area contributed by atoms with Crippen molar-refractivity contribution in [2.45, 2.75) is 57.6 Å². The zero-order valence-corrected chi connectivity index (χ0v) is 19.0. The van der Waals surface area contributed by atoms with E-state index in [0.29, 0.717) is 25.1 Å². The minimum atomic E-state index is -4.41. The molecular formula is C25H30F3NO4. The monoisotopic (exact) mass is 465 g/mol. The molecule has 2 aromatic carbocycles. The molecule has 1 saturated heterocycles. The third kappa shape index (κ3) is 7.12. The maximum Gasteiger partial charge on any atom is 0.416 e. The Morgan fingerprint density at radius 2 is 1.73 bits per heavy atom. The largest absolute Gasteiger partial charge is 0.486 e. The maximum absolute atomic E-state index is 12.9. The van der Waals surface area contributed by atoms with Gasteiger partial charge in [0.2, 0.25) is 0 Å². The van der Waals surface area contributed by atoms with E-state index in [1.165, 1.54) is 17.0 Å². The number of aliphatic hydroxyl groups excluding tert-OH is 1. The van der Waals surface area contributed by atoms with Crippen molar-refractivity contribution in [2.75, 3.05) is 13.1 Å².